The number of hydrogen-bond acceptors (Lipinski definition) is 3. The molecule has 3 heteroatoms. The normalized spacial score (nSPS) is 11.2. The molecule has 0 fully saturated rings. The van der Waals surface area contributed by atoms with Crippen LogP contribution in [-0.4, -0.2) is 17.5 Å². The molecule has 20 heavy (non-hydrogen) atoms. The maximum Gasteiger partial charge on any atom is 0.156 e. The third kappa shape index (κ3) is 3.99. The molecule has 0 bridgehead atoms. The van der Waals surface area contributed by atoms with Crippen LogP contribution >= 0.6 is 0 Å². The van der Waals surface area contributed by atoms with E-state index < -0.39 is 0 Å². The van der Waals surface area contributed by atoms with E-state index in [4.69, 9.17) is 4.74 Å². The molecule has 3 nitrogen and oxygen atoms in total. The zero-order valence-corrected chi connectivity index (χ0v) is 11.2. The Morgan fingerprint density at radius 3 is 2.25 bits per heavy atom. The van der Waals surface area contributed by atoms with Gasteiger partial charge in [0.15, 0.2) is 5.78 Å². The number of ketones is 1. The van der Waals surface area contributed by atoms with Crippen molar-refractivity contribution in [3.05, 3.63) is 66.4 Å². The summed E-state index contributed by atoms with van der Waals surface area (Å²) in [4.78, 5) is 10.8. The zero-order chi connectivity index (χ0) is 14.4. The highest BCUT2D eigenvalue weighted by Gasteiger charge is 2.00. The summed E-state index contributed by atoms with van der Waals surface area (Å²) in [6, 6.07) is 17.6. The van der Waals surface area contributed by atoms with Crippen LogP contribution in [0.2, 0.25) is 0 Å². The molecule has 0 aliphatic rings. The van der Waals surface area contributed by atoms with E-state index in [9.17, 15) is 9.90 Å². The Morgan fingerprint density at radius 2 is 1.65 bits per heavy atom. The molecule has 0 unspecified atom stereocenters. The Labute approximate surface area is 118 Å². The lowest BCUT2D eigenvalue weighted by molar-refractivity contribution is -0.112. The van der Waals surface area contributed by atoms with Gasteiger partial charge in [-0.3, -0.25) is 4.79 Å². The van der Waals surface area contributed by atoms with Gasteiger partial charge < -0.3 is 9.84 Å². The van der Waals surface area contributed by atoms with Crippen LogP contribution in [0.5, 0.6) is 5.75 Å². The van der Waals surface area contributed by atoms with Crippen molar-refractivity contribution in [3.8, 4) is 16.9 Å². The van der Waals surface area contributed by atoms with Crippen molar-refractivity contribution in [1.82, 2.24) is 0 Å². The lowest BCUT2D eigenvalue weighted by atomic mass is 10.1. The van der Waals surface area contributed by atoms with Crippen molar-refractivity contribution in [2.45, 2.75) is 6.92 Å². The lowest BCUT2D eigenvalue weighted by Gasteiger charge is -2.07. The van der Waals surface area contributed by atoms with E-state index in [-0.39, 0.29) is 18.1 Å². The highest BCUT2D eigenvalue weighted by atomic mass is 16.5. The van der Waals surface area contributed by atoms with Crippen molar-refractivity contribution >= 4 is 5.78 Å². The van der Waals surface area contributed by atoms with Gasteiger partial charge in [-0.1, -0.05) is 42.5 Å². The van der Waals surface area contributed by atoms with Crippen molar-refractivity contribution < 1.29 is 14.6 Å². The van der Waals surface area contributed by atoms with E-state index in [1.807, 2.05) is 54.6 Å². The van der Waals surface area contributed by atoms with E-state index in [0.717, 1.165) is 17.2 Å². The van der Waals surface area contributed by atoms with Crippen LogP contribution in [-0.2, 0) is 4.79 Å². The molecule has 0 aliphatic carbocycles. The van der Waals surface area contributed by atoms with Gasteiger partial charge in [0.25, 0.3) is 0 Å². The van der Waals surface area contributed by atoms with Gasteiger partial charge in [0.1, 0.15) is 18.1 Å². The van der Waals surface area contributed by atoms with Crippen LogP contribution in [0.15, 0.2) is 66.4 Å². The average Bonchev–Trinajstić information content (AvgIpc) is 2.46. The zero-order valence-electron chi connectivity index (χ0n) is 11.2. The summed E-state index contributed by atoms with van der Waals surface area (Å²) in [5, 5.41) is 9.43. The summed E-state index contributed by atoms with van der Waals surface area (Å²) in [7, 11) is 0. The number of carbonyl (C=O) groups is 1. The minimum Gasteiger partial charge on any atom is -0.509 e. The molecule has 0 heterocycles. The molecular weight excluding hydrogens is 252 g/mol. The summed E-state index contributed by atoms with van der Waals surface area (Å²) >= 11 is 0. The van der Waals surface area contributed by atoms with Gasteiger partial charge >= 0.3 is 0 Å². The Bertz CT molecular complexity index is 598. The van der Waals surface area contributed by atoms with Crippen molar-refractivity contribution in [2.75, 3.05) is 6.61 Å². The monoisotopic (exact) mass is 268 g/mol. The van der Waals surface area contributed by atoms with Gasteiger partial charge in [0.2, 0.25) is 0 Å². The molecule has 0 saturated heterocycles. The van der Waals surface area contributed by atoms with Crippen LogP contribution in [0.4, 0.5) is 0 Å². The molecule has 2 rings (SSSR count). The molecule has 102 valence electrons. The van der Waals surface area contributed by atoms with E-state index in [1.54, 1.807) is 0 Å². The fourth-order valence-electron chi connectivity index (χ4n) is 1.81. The number of benzene rings is 2. The molecule has 0 aliphatic heterocycles. The summed E-state index contributed by atoms with van der Waals surface area (Å²) in [6.07, 6.45) is 1.15. The van der Waals surface area contributed by atoms with E-state index >= 15 is 0 Å². The van der Waals surface area contributed by atoms with E-state index in [1.165, 1.54) is 6.92 Å². The summed E-state index contributed by atoms with van der Waals surface area (Å²) in [6.45, 7) is 1.37. The maximum atomic E-state index is 10.8. The van der Waals surface area contributed by atoms with Crippen LogP contribution in [0, 0.1) is 0 Å². The molecule has 0 aromatic heterocycles. The molecule has 0 saturated carbocycles. The predicted molar refractivity (Wildman–Crippen MR) is 78.8 cm³/mol. The SMILES string of the molecule is CC(=O)/C=C(\O)COc1ccc(-c2ccccc2)cc1. The van der Waals surface area contributed by atoms with Crippen LogP contribution in [0.1, 0.15) is 6.92 Å². The highest BCUT2D eigenvalue weighted by Crippen LogP contribution is 2.22. The molecule has 1 N–H and O–H groups in total. The lowest BCUT2D eigenvalue weighted by Crippen LogP contribution is -2.02. The van der Waals surface area contributed by atoms with Gasteiger partial charge in [-0.2, -0.15) is 0 Å². The van der Waals surface area contributed by atoms with Crippen LogP contribution < -0.4 is 4.74 Å². The van der Waals surface area contributed by atoms with Gasteiger partial charge in [-0.25, -0.2) is 0 Å². The predicted octanol–water partition coefficient (Wildman–Crippen LogP) is 3.76. The Morgan fingerprint density at radius 1 is 1.05 bits per heavy atom. The first-order valence-corrected chi connectivity index (χ1v) is 6.33. The van der Waals surface area contributed by atoms with Gasteiger partial charge in [0.05, 0.1) is 0 Å². The van der Waals surface area contributed by atoms with Gasteiger partial charge in [-0.05, 0) is 30.2 Å². The molecule has 2 aromatic carbocycles. The second-order valence-electron chi connectivity index (χ2n) is 4.43. The minimum absolute atomic E-state index is 0.00966. The number of hydrogen-bond donors (Lipinski definition) is 1. The number of carbonyl (C=O) groups excluding carboxylic acids is 1. The molecule has 0 spiro atoms. The second-order valence-corrected chi connectivity index (χ2v) is 4.43. The number of aliphatic hydroxyl groups excluding tert-OH is 1. The van der Waals surface area contributed by atoms with Gasteiger partial charge in [0, 0.05) is 6.08 Å². The quantitative estimate of drug-likeness (QED) is 0.663. The van der Waals surface area contributed by atoms with E-state index in [2.05, 4.69) is 0 Å². The highest BCUT2D eigenvalue weighted by molar-refractivity contribution is 5.87. The maximum absolute atomic E-state index is 10.8. The number of aliphatic hydroxyl groups is 1. The third-order valence-electron chi connectivity index (χ3n) is 2.72. The van der Waals surface area contributed by atoms with Crippen LogP contribution in [0.3, 0.4) is 0 Å². The Hall–Kier alpha value is -2.55. The molecule has 2 aromatic rings. The van der Waals surface area contributed by atoms with Crippen LogP contribution in [0.25, 0.3) is 11.1 Å². The average molecular weight is 268 g/mol. The first kappa shape index (κ1) is 13.9. The fraction of sp³-hybridized carbons (Fsp3) is 0.118. The largest absolute Gasteiger partial charge is 0.509 e. The number of allylic oxidation sites excluding steroid dienone is 1. The Balaban J connectivity index is 2.01. The molecular formula is C17H16O3. The van der Waals surface area contributed by atoms with Crippen molar-refractivity contribution in [2.24, 2.45) is 0 Å². The summed E-state index contributed by atoms with van der Waals surface area (Å²) in [5.41, 5.74) is 2.24. The summed E-state index contributed by atoms with van der Waals surface area (Å²) in [5.74, 6) is 0.364. The first-order chi connectivity index (χ1) is 9.65. The second kappa shape index (κ2) is 6.57. The topological polar surface area (TPSA) is 46.5 Å². The summed E-state index contributed by atoms with van der Waals surface area (Å²) < 4.78 is 5.39. The Kier molecular flexibility index (Phi) is 4.56. The van der Waals surface area contributed by atoms with Crippen molar-refractivity contribution in [3.63, 3.8) is 0 Å². The minimum atomic E-state index is -0.203. The fourth-order valence-corrected chi connectivity index (χ4v) is 1.81. The standard InChI is InChI=1S/C17H16O3/c1-13(18)11-16(19)12-20-17-9-7-15(8-10-17)14-5-3-2-4-6-14/h2-11,19H,12H2,1H3/b16-11-. The molecule has 0 amide bonds. The number of ether oxygens (including phenoxy) is 1. The third-order valence-corrected chi connectivity index (χ3v) is 2.72. The number of rotatable bonds is 5. The van der Waals surface area contributed by atoms with Gasteiger partial charge in [-0.15, -0.1) is 0 Å². The first-order valence-electron chi connectivity index (χ1n) is 6.33. The van der Waals surface area contributed by atoms with Crippen molar-refractivity contribution in [1.29, 1.82) is 0 Å². The smallest absolute Gasteiger partial charge is 0.156 e. The molecule has 0 atom stereocenters. The van der Waals surface area contributed by atoms with E-state index in [0.29, 0.717) is 5.75 Å². The molecule has 0 radical (unpaired) electrons.